The van der Waals surface area contributed by atoms with Gasteiger partial charge in [-0.25, -0.2) is 8.78 Å². The average molecular weight is 529 g/mol. The van der Waals surface area contributed by atoms with Crippen LogP contribution in [0.5, 0.6) is 0 Å². The molecule has 0 aliphatic carbocycles. The minimum absolute atomic E-state index is 0.0283. The molecule has 0 nitrogen and oxygen atoms in total. The first-order chi connectivity index (χ1) is 19.4. The van der Waals surface area contributed by atoms with Crippen LogP contribution in [-0.4, -0.2) is 0 Å². The quantitative estimate of drug-likeness (QED) is 0.146. The van der Waals surface area contributed by atoms with E-state index >= 15 is 0 Å². The molecule has 0 spiro atoms. The van der Waals surface area contributed by atoms with Crippen LogP contribution >= 0.6 is 0 Å². The SMILES string of the molecule is C=C(F)/C=C\C.Cc1ccc(C(c2ccc(F)cc2)c2ccc(-c3ccccc3)cc2)cc1Cc1ccccc1. The van der Waals surface area contributed by atoms with Crippen molar-refractivity contribution in [2.45, 2.75) is 26.2 Å². The molecule has 0 amide bonds. The Morgan fingerprint density at radius 1 is 0.700 bits per heavy atom. The van der Waals surface area contributed by atoms with Crippen molar-refractivity contribution in [1.82, 2.24) is 0 Å². The molecule has 0 aliphatic heterocycles. The van der Waals surface area contributed by atoms with Gasteiger partial charge in [0.1, 0.15) is 11.6 Å². The minimum Gasteiger partial charge on any atom is -0.208 e. The van der Waals surface area contributed by atoms with Crippen molar-refractivity contribution < 1.29 is 8.78 Å². The molecule has 0 fully saturated rings. The van der Waals surface area contributed by atoms with Gasteiger partial charge in [0.05, 0.1) is 0 Å². The van der Waals surface area contributed by atoms with Crippen molar-refractivity contribution in [1.29, 1.82) is 0 Å². The first-order valence-corrected chi connectivity index (χ1v) is 13.5. The van der Waals surface area contributed by atoms with E-state index in [0.717, 1.165) is 12.0 Å². The molecule has 0 N–H and O–H groups in total. The fraction of sp³-hybridized carbons (Fsp3) is 0.105. The van der Waals surface area contributed by atoms with Crippen molar-refractivity contribution in [3.05, 3.63) is 191 Å². The molecule has 0 aliphatic rings. The van der Waals surface area contributed by atoms with Crippen molar-refractivity contribution in [3.8, 4) is 11.1 Å². The molecule has 0 radical (unpaired) electrons. The van der Waals surface area contributed by atoms with E-state index < -0.39 is 5.83 Å². The lowest BCUT2D eigenvalue weighted by atomic mass is 9.83. The van der Waals surface area contributed by atoms with E-state index in [4.69, 9.17) is 0 Å². The van der Waals surface area contributed by atoms with E-state index in [1.165, 1.54) is 45.0 Å². The van der Waals surface area contributed by atoms with Crippen LogP contribution in [0.25, 0.3) is 11.1 Å². The molecular weight excluding hydrogens is 494 g/mol. The topological polar surface area (TPSA) is 0 Å². The number of hydrogen-bond donors (Lipinski definition) is 0. The zero-order valence-electron chi connectivity index (χ0n) is 23.0. The highest BCUT2D eigenvalue weighted by Crippen LogP contribution is 2.34. The van der Waals surface area contributed by atoms with Crippen LogP contribution in [0, 0.1) is 12.7 Å². The maximum Gasteiger partial charge on any atom is 0.123 e. The van der Waals surface area contributed by atoms with Gasteiger partial charge in [-0.05, 0) is 83.0 Å². The molecule has 5 aromatic rings. The Morgan fingerprint density at radius 3 is 1.77 bits per heavy atom. The van der Waals surface area contributed by atoms with E-state index in [1.54, 1.807) is 25.1 Å². The molecule has 5 aromatic carbocycles. The molecule has 1 unspecified atom stereocenters. The molecule has 2 heteroatoms. The van der Waals surface area contributed by atoms with Gasteiger partial charge in [-0.15, -0.1) is 0 Å². The van der Waals surface area contributed by atoms with E-state index in [0.29, 0.717) is 0 Å². The first kappa shape index (κ1) is 28.4. The van der Waals surface area contributed by atoms with Crippen molar-refractivity contribution >= 4 is 0 Å². The van der Waals surface area contributed by atoms with Crippen LogP contribution in [0.3, 0.4) is 0 Å². The zero-order valence-corrected chi connectivity index (χ0v) is 23.0. The van der Waals surface area contributed by atoms with Crippen molar-refractivity contribution in [2.24, 2.45) is 0 Å². The van der Waals surface area contributed by atoms with Gasteiger partial charge in [0.2, 0.25) is 0 Å². The molecule has 0 saturated carbocycles. The van der Waals surface area contributed by atoms with Crippen LogP contribution in [-0.2, 0) is 6.42 Å². The highest BCUT2D eigenvalue weighted by Gasteiger charge is 2.18. The molecular formula is C38H34F2. The predicted octanol–water partition coefficient (Wildman–Crippen LogP) is 10.6. The first-order valence-electron chi connectivity index (χ1n) is 13.5. The summed E-state index contributed by atoms with van der Waals surface area (Å²) in [4.78, 5) is 0. The summed E-state index contributed by atoms with van der Waals surface area (Å²) >= 11 is 0. The Labute approximate surface area is 237 Å². The zero-order chi connectivity index (χ0) is 28.3. The fourth-order valence-electron chi connectivity index (χ4n) is 4.79. The molecule has 0 saturated heterocycles. The van der Waals surface area contributed by atoms with Gasteiger partial charge in [-0.1, -0.05) is 128 Å². The number of halogens is 2. The second-order valence-electron chi connectivity index (χ2n) is 9.77. The van der Waals surface area contributed by atoms with Crippen LogP contribution in [0.4, 0.5) is 8.78 Å². The van der Waals surface area contributed by atoms with E-state index in [1.807, 2.05) is 18.2 Å². The second-order valence-corrected chi connectivity index (χ2v) is 9.77. The van der Waals surface area contributed by atoms with Crippen molar-refractivity contribution in [2.75, 3.05) is 0 Å². The predicted molar refractivity (Wildman–Crippen MR) is 165 cm³/mol. The van der Waals surface area contributed by atoms with Gasteiger partial charge in [0.25, 0.3) is 0 Å². The summed E-state index contributed by atoms with van der Waals surface area (Å²) in [6, 6.07) is 43.4. The molecule has 200 valence electrons. The lowest BCUT2D eigenvalue weighted by Crippen LogP contribution is -2.05. The fourth-order valence-corrected chi connectivity index (χ4v) is 4.79. The van der Waals surface area contributed by atoms with Crippen molar-refractivity contribution in [3.63, 3.8) is 0 Å². The molecule has 5 rings (SSSR count). The van der Waals surface area contributed by atoms with E-state index in [-0.39, 0.29) is 11.7 Å². The summed E-state index contributed by atoms with van der Waals surface area (Å²) in [5.74, 6) is -0.575. The smallest absolute Gasteiger partial charge is 0.123 e. The van der Waals surface area contributed by atoms with Gasteiger partial charge < -0.3 is 0 Å². The second kappa shape index (κ2) is 14.0. The lowest BCUT2D eigenvalue weighted by molar-refractivity contribution is 0.627. The number of hydrogen-bond acceptors (Lipinski definition) is 0. The highest BCUT2D eigenvalue weighted by molar-refractivity contribution is 5.64. The average Bonchev–Trinajstić information content (AvgIpc) is 2.97. The van der Waals surface area contributed by atoms with Crippen LogP contribution in [0.2, 0.25) is 0 Å². The Kier molecular flexibility index (Phi) is 9.96. The number of allylic oxidation sites excluding steroid dienone is 3. The third kappa shape index (κ3) is 7.74. The van der Waals surface area contributed by atoms with Gasteiger partial charge in [-0.3, -0.25) is 0 Å². The highest BCUT2D eigenvalue weighted by atomic mass is 19.1. The number of benzene rings is 5. The molecule has 0 heterocycles. The van der Waals surface area contributed by atoms with Gasteiger partial charge in [0, 0.05) is 5.92 Å². The summed E-state index contributed by atoms with van der Waals surface area (Å²) in [5, 5.41) is 0. The third-order valence-electron chi connectivity index (χ3n) is 6.85. The molecule has 0 bridgehead atoms. The maximum atomic E-state index is 13.8. The van der Waals surface area contributed by atoms with Crippen LogP contribution in [0.15, 0.2) is 152 Å². The molecule has 0 aromatic heterocycles. The van der Waals surface area contributed by atoms with E-state index in [2.05, 4.69) is 111 Å². The Hall–Kier alpha value is -4.56. The summed E-state index contributed by atoms with van der Waals surface area (Å²) in [6.45, 7) is 6.90. The Morgan fingerprint density at radius 2 is 1.23 bits per heavy atom. The van der Waals surface area contributed by atoms with Crippen LogP contribution < -0.4 is 0 Å². The minimum atomic E-state index is -0.391. The Balaban J connectivity index is 0.000000557. The summed E-state index contributed by atoms with van der Waals surface area (Å²) in [5.41, 5.74) is 9.79. The monoisotopic (exact) mass is 528 g/mol. The van der Waals surface area contributed by atoms with Gasteiger partial charge in [-0.2, -0.15) is 0 Å². The van der Waals surface area contributed by atoms with Gasteiger partial charge >= 0.3 is 0 Å². The normalized spacial score (nSPS) is 11.5. The lowest BCUT2D eigenvalue weighted by Gasteiger charge is -2.21. The summed E-state index contributed by atoms with van der Waals surface area (Å²) < 4.78 is 25.2. The summed E-state index contributed by atoms with van der Waals surface area (Å²) in [7, 11) is 0. The number of rotatable bonds is 7. The largest absolute Gasteiger partial charge is 0.208 e. The molecule has 1 atom stereocenters. The summed E-state index contributed by atoms with van der Waals surface area (Å²) in [6.07, 6.45) is 3.80. The van der Waals surface area contributed by atoms with Gasteiger partial charge in [0.15, 0.2) is 0 Å². The van der Waals surface area contributed by atoms with E-state index in [9.17, 15) is 8.78 Å². The maximum absolute atomic E-state index is 13.8. The number of aryl methyl sites for hydroxylation is 1. The van der Waals surface area contributed by atoms with Crippen LogP contribution in [0.1, 0.15) is 46.2 Å². The molecule has 40 heavy (non-hydrogen) atoms. The third-order valence-corrected chi connectivity index (χ3v) is 6.85. The Bertz CT molecular complexity index is 1530. The standard InChI is InChI=1S/C33H27F.C5H7F/c1-24-12-13-30(23-31(24)22-25-8-4-2-5-9-25)33(29-18-20-32(34)21-19-29)28-16-14-27(15-17-28)26-10-6-3-7-11-26;1-3-4-5(2)6/h2-21,23,33H,22H2,1H3;3-4H,2H2,1H3/b;4-3-.